The van der Waals surface area contributed by atoms with E-state index in [0.29, 0.717) is 3.57 Å². The van der Waals surface area contributed by atoms with E-state index in [0.717, 1.165) is 23.0 Å². The zero-order valence-corrected chi connectivity index (χ0v) is 11.6. The molecule has 0 N–H and O–H groups in total. The number of rotatable bonds is 3. The van der Waals surface area contributed by atoms with E-state index in [2.05, 4.69) is 4.98 Å². The van der Waals surface area contributed by atoms with E-state index in [4.69, 9.17) is 0 Å². The van der Waals surface area contributed by atoms with Crippen molar-refractivity contribution in [1.82, 2.24) is 9.55 Å². The predicted molar refractivity (Wildman–Crippen MR) is 71.9 cm³/mol. The van der Waals surface area contributed by atoms with Crippen molar-refractivity contribution < 1.29 is 13.6 Å². The minimum atomic E-state index is -0.948. The molecule has 0 unspecified atom stereocenters. The normalized spacial score (nSPS) is 10.5. The van der Waals surface area contributed by atoms with E-state index in [1.807, 2.05) is 0 Å². The molecule has 19 heavy (non-hydrogen) atoms. The standard InChI is InChI=1S/C12H7F2IN2O2/c13-7-2-1-3-8(14)11(7)10(18)5-17-6-16-4-9(15)12(17)19/h1-4,6H,5H2. The lowest BCUT2D eigenvalue weighted by Crippen LogP contribution is -2.26. The molecular formula is C12H7F2IN2O2. The SMILES string of the molecule is O=C(Cn1cncc(I)c1=O)c1c(F)cccc1F. The first-order chi connectivity index (χ1) is 9.00. The predicted octanol–water partition coefficient (Wildman–Crippen LogP) is 2.01. The highest BCUT2D eigenvalue weighted by Gasteiger charge is 2.18. The molecule has 4 nitrogen and oxygen atoms in total. The van der Waals surface area contributed by atoms with Gasteiger partial charge < -0.3 is 0 Å². The number of halogens is 3. The molecule has 0 saturated heterocycles. The van der Waals surface area contributed by atoms with Gasteiger partial charge in [-0.15, -0.1) is 0 Å². The number of ketones is 1. The topological polar surface area (TPSA) is 52.0 Å². The molecule has 2 rings (SSSR count). The molecule has 0 aliphatic carbocycles. The minimum absolute atomic E-state index is 0.321. The highest BCUT2D eigenvalue weighted by molar-refractivity contribution is 14.1. The van der Waals surface area contributed by atoms with Gasteiger partial charge in [0.15, 0.2) is 5.78 Å². The highest BCUT2D eigenvalue weighted by atomic mass is 127. The van der Waals surface area contributed by atoms with Gasteiger partial charge in [-0.3, -0.25) is 14.2 Å². The fourth-order valence-corrected chi connectivity index (χ4v) is 2.01. The fraction of sp³-hybridized carbons (Fsp3) is 0.0833. The monoisotopic (exact) mass is 376 g/mol. The van der Waals surface area contributed by atoms with E-state index in [1.165, 1.54) is 12.3 Å². The number of aromatic nitrogens is 2. The molecule has 2 aromatic rings. The molecule has 1 heterocycles. The third-order valence-electron chi connectivity index (χ3n) is 2.41. The van der Waals surface area contributed by atoms with Crippen molar-refractivity contribution in [3.05, 3.63) is 61.8 Å². The van der Waals surface area contributed by atoms with E-state index < -0.39 is 35.1 Å². The lowest BCUT2D eigenvalue weighted by molar-refractivity contribution is 0.0962. The van der Waals surface area contributed by atoms with Crippen LogP contribution >= 0.6 is 22.6 Å². The quantitative estimate of drug-likeness (QED) is 0.609. The van der Waals surface area contributed by atoms with Crippen molar-refractivity contribution in [3.8, 4) is 0 Å². The lowest BCUT2D eigenvalue weighted by atomic mass is 10.1. The van der Waals surface area contributed by atoms with Crippen LogP contribution in [0.15, 0.2) is 35.5 Å². The molecule has 1 aromatic carbocycles. The lowest BCUT2D eigenvalue weighted by Gasteiger charge is -2.06. The summed E-state index contributed by atoms with van der Waals surface area (Å²) in [4.78, 5) is 27.3. The Kier molecular flexibility index (Phi) is 4.03. The van der Waals surface area contributed by atoms with E-state index in [-0.39, 0.29) is 0 Å². The summed E-state index contributed by atoms with van der Waals surface area (Å²) in [6, 6.07) is 3.15. The van der Waals surface area contributed by atoms with E-state index >= 15 is 0 Å². The van der Waals surface area contributed by atoms with Gasteiger partial charge in [0.05, 0.1) is 22.0 Å². The van der Waals surface area contributed by atoms with Crippen molar-refractivity contribution >= 4 is 28.4 Å². The van der Waals surface area contributed by atoms with Crippen LogP contribution in [0.3, 0.4) is 0 Å². The summed E-state index contributed by atoms with van der Waals surface area (Å²) in [5.74, 6) is -2.71. The summed E-state index contributed by atoms with van der Waals surface area (Å²) < 4.78 is 28.2. The van der Waals surface area contributed by atoms with Crippen LogP contribution < -0.4 is 5.56 Å². The summed E-state index contributed by atoms with van der Waals surface area (Å²) in [5.41, 5.74) is -1.08. The molecule has 0 spiro atoms. The second kappa shape index (κ2) is 5.55. The number of hydrogen-bond acceptors (Lipinski definition) is 3. The number of nitrogens with zero attached hydrogens (tertiary/aromatic N) is 2. The maximum atomic E-state index is 13.4. The van der Waals surface area contributed by atoms with Crippen LogP contribution in [0.5, 0.6) is 0 Å². The highest BCUT2D eigenvalue weighted by Crippen LogP contribution is 2.13. The van der Waals surface area contributed by atoms with Crippen molar-refractivity contribution in [2.75, 3.05) is 0 Å². The van der Waals surface area contributed by atoms with Crippen LogP contribution in [-0.4, -0.2) is 15.3 Å². The molecule has 7 heteroatoms. The van der Waals surface area contributed by atoms with Gasteiger partial charge in [0.25, 0.3) is 5.56 Å². The first-order valence-electron chi connectivity index (χ1n) is 5.18. The third-order valence-corrected chi connectivity index (χ3v) is 3.15. The molecule has 0 saturated carbocycles. The van der Waals surface area contributed by atoms with E-state index in [9.17, 15) is 18.4 Å². The second-order valence-electron chi connectivity index (χ2n) is 3.69. The third kappa shape index (κ3) is 2.86. The van der Waals surface area contributed by atoms with Crippen LogP contribution in [0.4, 0.5) is 8.78 Å². The fourth-order valence-electron chi connectivity index (χ4n) is 1.53. The molecule has 0 radical (unpaired) electrons. The number of carbonyl (C=O) groups is 1. The molecule has 0 aliphatic heterocycles. The van der Waals surface area contributed by atoms with Crippen LogP contribution in [0.25, 0.3) is 0 Å². The Morgan fingerprint density at radius 3 is 2.58 bits per heavy atom. The Labute approximate surface area is 120 Å². The summed E-state index contributed by atoms with van der Waals surface area (Å²) in [7, 11) is 0. The van der Waals surface area contributed by atoms with Crippen LogP contribution in [0, 0.1) is 15.2 Å². The Hall–Kier alpha value is -1.64. The minimum Gasteiger partial charge on any atom is -0.292 e. The first-order valence-corrected chi connectivity index (χ1v) is 6.25. The van der Waals surface area contributed by atoms with Gasteiger partial charge in [-0.25, -0.2) is 13.8 Å². The van der Waals surface area contributed by atoms with Crippen molar-refractivity contribution in [1.29, 1.82) is 0 Å². The first kappa shape index (κ1) is 13.8. The number of Topliss-reactive ketones (excluding diaryl/α,β-unsaturated/α-hetero) is 1. The van der Waals surface area contributed by atoms with Gasteiger partial charge in [-0.1, -0.05) is 6.07 Å². The average Bonchev–Trinajstić information content (AvgIpc) is 2.35. The zero-order chi connectivity index (χ0) is 14.0. The largest absolute Gasteiger partial charge is 0.292 e. The van der Waals surface area contributed by atoms with Gasteiger partial charge in [-0.2, -0.15) is 0 Å². The maximum absolute atomic E-state index is 13.4. The van der Waals surface area contributed by atoms with Gasteiger partial charge in [0, 0.05) is 6.20 Å². The number of benzene rings is 1. The van der Waals surface area contributed by atoms with Crippen molar-refractivity contribution in [2.24, 2.45) is 0 Å². The summed E-state index contributed by atoms with van der Waals surface area (Å²) in [5, 5.41) is 0. The molecule has 0 fully saturated rings. The van der Waals surface area contributed by atoms with Gasteiger partial charge >= 0.3 is 0 Å². The molecule has 0 aliphatic rings. The van der Waals surface area contributed by atoms with Crippen molar-refractivity contribution in [3.63, 3.8) is 0 Å². The zero-order valence-electron chi connectivity index (χ0n) is 9.44. The number of hydrogen-bond donors (Lipinski definition) is 0. The van der Waals surface area contributed by atoms with Crippen LogP contribution in [0.1, 0.15) is 10.4 Å². The molecule has 0 bridgehead atoms. The average molecular weight is 376 g/mol. The summed E-state index contributed by atoms with van der Waals surface area (Å²) in [6.07, 6.45) is 2.49. The summed E-state index contributed by atoms with van der Waals surface area (Å²) in [6.45, 7) is -0.458. The molecule has 0 amide bonds. The van der Waals surface area contributed by atoms with Gasteiger partial charge in [0.2, 0.25) is 0 Å². The Morgan fingerprint density at radius 2 is 1.95 bits per heavy atom. The number of carbonyl (C=O) groups excluding carboxylic acids is 1. The van der Waals surface area contributed by atoms with E-state index in [1.54, 1.807) is 22.6 Å². The van der Waals surface area contributed by atoms with Crippen molar-refractivity contribution in [2.45, 2.75) is 6.54 Å². The Morgan fingerprint density at radius 1 is 1.32 bits per heavy atom. The van der Waals surface area contributed by atoms with Crippen LogP contribution in [-0.2, 0) is 6.54 Å². The Bertz CT molecular complexity index is 680. The Balaban J connectivity index is 2.37. The van der Waals surface area contributed by atoms with Gasteiger partial charge in [0.1, 0.15) is 11.6 Å². The molecule has 98 valence electrons. The smallest absolute Gasteiger partial charge is 0.267 e. The van der Waals surface area contributed by atoms with Crippen LogP contribution in [0.2, 0.25) is 0 Å². The summed E-state index contributed by atoms with van der Waals surface area (Å²) >= 11 is 1.77. The van der Waals surface area contributed by atoms with Gasteiger partial charge in [-0.05, 0) is 34.7 Å². The molecule has 0 atom stereocenters. The molecule has 1 aromatic heterocycles. The molecular weight excluding hydrogens is 369 g/mol. The second-order valence-corrected chi connectivity index (χ2v) is 4.86. The maximum Gasteiger partial charge on any atom is 0.267 e.